The third-order valence-corrected chi connectivity index (χ3v) is 2.91. The van der Waals surface area contributed by atoms with E-state index in [1.165, 1.54) is 13.3 Å². The Morgan fingerprint density at radius 1 is 1.24 bits per heavy atom. The molecule has 0 saturated heterocycles. The summed E-state index contributed by atoms with van der Waals surface area (Å²) in [6.07, 6.45) is 4.25. The van der Waals surface area contributed by atoms with Gasteiger partial charge in [0.05, 0.1) is 18.4 Å². The van der Waals surface area contributed by atoms with Crippen molar-refractivity contribution in [3.8, 4) is 0 Å². The van der Waals surface area contributed by atoms with Gasteiger partial charge in [-0.3, -0.25) is 9.59 Å². The molecule has 17 heavy (non-hydrogen) atoms. The molecule has 98 valence electrons. The highest BCUT2D eigenvalue weighted by molar-refractivity contribution is 5.73. The summed E-state index contributed by atoms with van der Waals surface area (Å²) in [5.74, 6) is -1.64. The van der Waals surface area contributed by atoms with E-state index in [-0.39, 0.29) is 12.5 Å². The van der Waals surface area contributed by atoms with Crippen LogP contribution in [0.5, 0.6) is 0 Å². The fourth-order valence-electron chi connectivity index (χ4n) is 2.11. The first-order valence-corrected chi connectivity index (χ1v) is 6.03. The Balaban J connectivity index is 2.34. The quantitative estimate of drug-likeness (QED) is 0.715. The minimum Gasteiger partial charge on any atom is -0.481 e. The minimum absolute atomic E-state index is 0.0584. The molecule has 0 amide bonds. The third kappa shape index (κ3) is 5.68. The van der Waals surface area contributed by atoms with Crippen LogP contribution in [-0.2, 0) is 14.3 Å². The zero-order valence-electron chi connectivity index (χ0n) is 10.1. The molecule has 1 rings (SSSR count). The zero-order valence-corrected chi connectivity index (χ0v) is 10.1. The van der Waals surface area contributed by atoms with Crippen molar-refractivity contribution in [1.29, 1.82) is 0 Å². The van der Waals surface area contributed by atoms with Crippen molar-refractivity contribution >= 4 is 11.9 Å². The summed E-state index contributed by atoms with van der Waals surface area (Å²) in [5.41, 5.74) is -1.53. The van der Waals surface area contributed by atoms with Gasteiger partial charge >= 0.3 is 11.9 Å². The van der Waals surface area contributed by atoms with Crippen LogP contribution in [0, 0.1) is 0 Å². The number of aliphatic carboxylic acids is 1. The van der Waals surface area contributed by atoms with E-state index in [0.717, 1.165) is 25.7 Å². The Kier molecular flexibility index (Phi) is 4.93. The van der Waals surface area contributed by atoms with Gasteiger partial charge in [-0.05, 0) is 32.6 Å². The van der Waals surface area contributed by atoms with E-state index in [9.17, 15) is 14.7 Å². The summed E-state index contributed by atoms with van der Waals surface area (Å²) in [6, 6.07) is 0. The third-order valence-electron chi connectivity index (χ3n) is 2.91. The molecule has 1 saturated carbocycles. The van der Waals surface area contributed by atoms with Crippen molar-refractivity contribution in [2.75, 3.05) is 0 Å². The lowest BCUT2D eigenvalue weighted by atomic mass is 9.96. The average molecular weight is 244 g/mol. The number of hydrogen-bond donors (Lipinski definition) is 2. The van der Waals surface area contributed by atoms with E-state index >= 15 is 0 Å². The maximum Gasteiger partial charge on any atom is 0.308 e. The van der Waals surface area contributed by atoms with Crippen molar-refractivity contribution < 1.29 is 24.5 Å². The number of hydrogen-bond acceptors (Lipinski definition) is 4. The zero-order chi connectivity index (χ0) is 12.9. The van der Waals surface area contributed by atoms with Crippen molar-refractivity contribution in [1.82, 2.24) is 0 Å². The molecule has 1 fully saturated rings. The second-order valence-electron chi connectivity index (χ2n) is 4.99. The molecular formula is C12H20O5. The number of aliphatic hydroxyl groups is 1. The highest BCUT2D eigenvalue weighted by Crippen LogP contribution is 2.22. The molecule has 0 bridgehead atoms. The van der Waals surface area contributed by atoms with E-state index < -0.39 is 24.0 Å². The number of esters is 1. The van der Waals surface area contributed by atoms with Crippen LogP contribution in [0.1, 0.15) is 51.9 Å². The van der Waals surface area contributed by atoms with Crippen LogP contribution in [-0.4, -0.2) is 33.9 Å². The van der Waals surface area contributed by atoms with Crippen LogP contribution in [0.15, 0.2) is 0 Å². The predicted octanol–water partition coefficient (Wildman–Crippen LogP) is 1.48. The molecule has 0 radical (unpaired) electrons. The van der Waals surface area contributed by atoms with Gasteiger partial charge in [-0.25, -0.2) is 0 Å². The van der Waals surface area contributed by atoms with Gasteiger partial charge in [-0.1, -0.05) is 6.42 Å². The molecule has 1 atom stereocenters. The van der Waals surface area contributed by atoms with Crippen LogP contribution >= 0.6 is 0 Å². The maximum absolute atomic E-state index is 11.5. The van der Waals surface area contributed by atoms with Gasteiger partial charge < -0.3 is 14.9 Å². The first kappa shape index (κ1) is 14.0. The summed E-state index contributed by atoms with van der Waals surface area (Å²) in [6.45, 7) is 1.34. The predicted molar refractivity (Wildman–Crippen MR) is 60.5 cm³/mol. The summed E-state index contributed by atoms with van der Waals surface area (Å²) >= 11 is 0. The van der Waals surface area contributed by atoms with E-state index in [1.54, 1.807) is 0 Å². The number of ether oxygens (including phenoxy) is 1. The van der Waals surface area contributed by atoms with Gasteiger partial charge in [0.1, 0.15) is 6.10 Å². The van der Waals surface area contributed by atoms with Gasteiger partial charge in [0.2, 0.25) is 0 Å². The van der Waals surface area contributed by atoms with Crippen molar-refractivity contribution in [2.45, 2.75) is 63.6 Å². The maximum atomic E-state index is 11.5. The molecule has 5 heteroatoms. The second-order valence-corrected chi connectivity index (χ2v) is 4.99. The van der Waals surface area contributed by atoms with Crippen LogP contribution in [0.25, 0.3) is 0 Å². The molecular weight excluding hydrogens is 224 g/mol. The van der Waals surface area contributed by atoms with Gasteiger partial charge in [0.25, 0.3) is 0 Å². The van der Waals surface area contributed by atoms with E-state index in [1.807, 2.05) is 0 Å². The van der Waals surface area contributed by atoms with Gasteiger partial charge in [-0.15, -0.1) is 0 Å². The summed E-state index contributed by atoms with van der Waals surface area (Å²) in [5, 5.41) is 18.3. The molecule has 0 aromatic carbocycles. The first-order valence-electron chi connectivity index (χ1n) is 6.03. The molecule has 5 nitrogen and oxygen atoms in total. The van der Waals surface area contributed by atoms with E-state index in [2.05, 4.69) is 0 Å². The average Bonchev–Trinajstić information content (AvgIpc) is 2.15. The molecule has 0 aliphatic heterocycles. The number of carbonyl (C=O) groups excluding carboxylic acids is 1. The fraction of sp³-hybridized carbons (Fsp3) is 0.833. The lowest BCUT2D eigenvalue weighted by Gasteiger charge is -2.25. The van der Waals surface area contributed by atoms with Crippen LogP contribution < -0.4 is 0 Å². The highest BCUT2D eigenvalue weighted by Gasteiger charge is 2.29. The molecule has 0 unspecified atom stereocenters. The van der Waals surface area contributed by atoms with Crippen molar-refractivity contribution in [3.05, 3.63) is 0 Å². The summed E-state index contributed by atoms with van der Waals surface area (Å²) in [4.78, 5) is 22.0. The normalized spacial score (nSPS) is 20.6. The Bertz CT molecular complexity index is 279. The fourth-order valence-corrected chi connectivity index (χ4v) is 2.11. The lowest BCUT2D eigenvalue weighted by Crippen LogP contribution is -2.33. The van der Waals surface area contributed by atoms with Crippen LogP contribution in [0.4, 0.5) is 0 Å². The van der Waals surface area contributed by atoms with Gasteiger partial charge in [0.15, 0.2) is 0 Å². The number of carboxylic acids is 1. The summed E-state index contributed by atoms with van der Waals surface area (Å²) < 4.78 is 5.22. The van der Waals surface area contributed by atoms with Crippen LogP contribution in [0.2, 0.25) is 0 Å². The Morgan fingerprint density at radius 3 is 2.35 bits per heavy atom. The second kappa shape index (κ2) is 6.00. The van der Waals surface area contributed by atoms with Crippen molar-refractivity contribution in [2.24, 2.45) is 0 Å². The molecule has 0 aromatic heterocycles. The smallest absolute Gasteiger partial charge is 0.308 e. The van der Waals surface area contributed by atoms with Gasteiger partial charge in [-0.2, -0.15) is 0 Å². The lowest BCUT2D eigenvalue weighted by molar-refractivity contribution is -0.157. The minimum atomic E-state index is -1.53. The standard InChI is InChI=1S/C12H20O5/c1-12(16,7-10(13)14)8-11(15)17-9-5-3-2-4-6-9/h9,16H,2-8H2,1H3,(H,13,14)/t12-/m1/s1. The largest absolute Gasteiger partial charge is 0.481 e. The van der Waals surface area contributed by atoms with Crippen molar-refractivity contribution in [3.63, 3.8) is 0 Å². The Morgan fingerprint density at radius 2 is 1.82 bits per heavy atom. The molecule has 0 spiro atoms. The van der Waals surface area contributed by atoms with Gasteiger partial charge in [0, 0.05) is 0 Å². The molecule has 2 N–H and O–H groups in total. The van der Waals surface area contributed by atoms with Crippen LogP contribution in [0.3, 0.4) is 0 Å². The molecule has 0 heterocycles. The number of carboxylic acid groups (broad SMARTS) is 1. The number of carbonyl (C=O) groups is 2. The highest BCUT2D eigenvalue weighted by atomic mass is 16.5. The number of rotatable bonds is 5. The monoisotopic (exact) mass is 244 g/mol. The first-order chi connectivity index (χ1) is 7.89. The summed E-state index contributed by atoms with van der Waals surface area (Å²) in [7, 11) is 0. The Hall–Kier alpha value is -1.10. The SMILES string of the molecule is C[C@@](O)(CC(=O)O)CC(=O)OC1CCCCC1. The topological polar surface area (TPSA) is 83.8 Å². The molecule has 1 aliphatic rings. The Labute approximate surface area is 101 Å². The molecule has 1 aliphatic carbocycles. The molecule has 0 aromatic rings. The van der Waals surface area contributed by atoms with E-state index in [4.69, 9.17) is 9.84 Å². The van der Waals surface area contributed by atoms with E-state index in [0.29, 0.717) is 0 Å².